The van der Waals surface area contributed by atoms with Crippen molar-refractivity contribution in [2.45, 2.75) is 64.3 Å². The van der Waals surface area contributed by atoms with E-state index in [0.29, 0.717) is 0 Å². The molecule has 0 aromatic heterocycles. The quantitative estimate of drug-likeness (QED) is 0.786. The van der Waals surface area contributed by atoms with Gasteiger partial charge in [-0.1, -0.05) is 26.2 Å². The molecule has 0 spiro atoms. The predicted molar refractivity (Wildman–Crippen MR) is 81.0 cm³/mol. The van der Waals surface area contributed by atoms with Gasteiger partial charge in [0.25, 0.3) is 0 Å². The highest BCUT2D eigenvalue weighted by molar-refractivity contribution is 5.86. The molecule has 0 bridgehead atoms. The largest absolute Gasteiger partial charge is 0.480 e. The zero-order valence-electron chi connectivity index (χ0n) is 13.1. The summed E-state index contributed by atoms with van der Waals surface area (Å²) in [4.78, 5) is 26.1. The van der Waals surface area contributed by atoms with Gasteiger partial charge in [0.2, 0.25) is 5.91 Å². The third-order valence-corrected chi connectivity index (χ3v) is 5.07. The van der Waals surface area contributed by atoms with Crippen molar-refractivity contribution in [3.8, 4) is 0 Å². The first-order valence-corrected chi connectivity index (χ1v) is 8.32. The maximum atomic E-state index is 13.2. The van der Waals surface area contributed by atoms with Gasteiger partial charge < -0.3 is 15.3 Å². The SMILES string of the molecule is CCCC1(C(=O)N(CC(=O)O)C2CCCC2)CCNCC1. The Balaban J connectivity index is 2.18. The number of amides is 1. The number of carbonyl (C=O) groups excluding carboxylic acids is 1. The Morgan fingerprint density at radius 2 is 1.86 bits per heavy atom. The number of hydrogen-bond donors (Lipinski definition) is 2. The van der Waals surface area contributed by atoms with Crippen LogP contribution in [0.5, 0.6) is 0 Å². The van der Waals surface area contributed by atoms with Crippen molar-refractivity contribution in [3.63, 3.8) is 0 Å². The van der Waals surface area contributed by atoms with Crippen molar-refractivity contribution in [2.24, 2.45) is 5.41 Å². The first-order chi connectivity index (χ1) is 10.1. The zero-order valence-corrected chi connectivity index (χ0v) is 13.1. The van der Waals surface area contributed by atoms with E-state index in [-0.39, 0.29) is 23.9 Å². The first-order valence-electron chi connectivity index (χ1n) is 8.32. The summed E-state index contributed by atoms with van der Waals surface area (Å²) in [5, 5.41) is 12.5. The second-order valence-electron chi connectivity index (χ2n) is 6.55. The first kappa shape index (κ1) is 16.3. The molecule has 2 N–H and O–H groups in total. The summed E-state index contributed by atoms with van der Waals surface area (Å²) in [6.07, 6.45) is 7.64. The van der Waals surface area contributed by atoms with E-state index < -0.39 is 5.97 Å². The number of nitrogens with zero attached hydrogens (tertiary/aromatic N) is 1. The molecule has 0 radical (unpaired) electrons. The lowest BCUT2D eigenvalue weighted by atomic mass is 9.74. The molecule has 1 heterocycles. The van der Waals surface area contributed by atoms with Gasteiger partial charge in [0, 0.05) is 6.04 Å². The van der Waals surface area contributed by atoms with Crippen LogP contribution in [-0.2, 0) is 9.59 Å². The number of carboxylic acids is 1. The lowest BCUT2D eigenvalue weighted by molar-refractivity contribution is -0.153. The number of piperidine rings is 1. The van der Waals surface area contributed by atoms with Crippen molar-refractivity contribution in [2.75, 3.05) is 19.6 Å². The van der Waals surface area contributed by atoms with Crippen molar-refractivity contribution in [3.05, 3.63) is 0 Å². The zero-order chi connectivity index (χ0) is 15.3. The molecule has 5 nitrogen and oxygen atoms in total. The summed E-state index contributed by atoms with van der Waals surface area (Å²) in [5.41, 5.74) is -0.335. The second-order valence-corrected chi connectivity index (χ2v) is 6.55. The smallest absolute Gasteiger partial charge is 0.323 e. The lowest BCUT2D eigenvalue weighted by Gasteiger charge is -2.41. The molecule has 1 amide bonds. The lowest BCUT2D eigenvalue weighted by Crippen LogP contribution is -2.53. The Morgan fingerprint density at radius 1 is 1.24 bits per heavy atom. The van der Waals surface area contributed by atoms with Crippen LogP contribution in [0.15, 0.2) is 0 Å². The van der Waals surface area contributed by atoms with E-state index >= 15 is 0 Å². The van der Waals surface area contributed by atoms with Gasteiger partial charge in [-0.2, -0.15) is 0 Å². The van der Waals surface area contributed by atoms with Crippen molar-refractivity contribution in [1.29, 1.82) is 0 Å². The number of carboxylic acid groups (broad SMARTS) is 1. The van der Waals surface area contributed by atoms with Crippen LogP contribution < -0.4 is 5.32 Å². The summed E-state index contributed by atoms with van der Waals surface area (Å²) < 4.78 is 0. The van der Waals surface area contributed by atoms with Gasteiger partial charge in [-0.25, -0.2) is 0 Å². The molecule has 21 heavy (non-hydrogen) atoms. The fourth-order valence-corrected chi connectivity index (χ4v) is 3.99. The molecule has 0 atom stereocenters. The molecule has 1 aliphatic heterocycles. The Bertz CT molecular complexity index is 366. The molecule has 5 heteroatoms. The summed E-state index contributed by atoms with van der Waals surface area (Å²) in [7, 11) is 0. The van der Waals surface area contributed by atoms with Crippen LogP contribution >= 0.6 is 0 Å². The van der Waals surface area contributed by atoms with E-state index in [9.17, 15) is 14.7 Å². The van der Waals surface area contributed by atoms with Crippen LogP contribution in [0.25, 0.3) is 0 Å². The van der Waals surface area contributed by atoms with E-state index in [1.807, 2.05) is 0 Å². The fourth-order valence-electron chi connectivity index (χ4n) is 3.99. The van der Waals surface area contributed by atoms with E-state index in [1.165, 1.54) is 0 Å². The highest BCUT2D eigenvalue weighted by atomic mass is 16.4. The minimum absolute atomic E-state index is 0.0974. The van der Waals surface area contributed by atoms with Gasteiger partial charge >= 0.3 is 5.97 Å². The molecule has 0 unspecified atom stereocenters. The topological polar surface area (TPSA) is 69.6 Å². The average Bonchev–Trinajstić information content (AvgIpc) is 2.99. The van der Waals surface area contributed by atoms with Crippen molar-refractivity contribution >= 4 is 11.9 Å². The molecule has 2 rings (SSSR count). The monoisotopic (exact) mass is 296 g/mol. The van der Waals surface area contributed by atoms with Gasteiger partial charge in [-0.15, -0.1) is 0 Å². The summed E-state index contributed by atoms with van der Waals surface area (Å²) in [5.74, 6) is -0.795. The van der Waals surface area contributed by atoms with Gasteiger partial charge in [0.1, 0.15) is 6.54 Å². The van der Waals surface area contributed by atoms with Crippen LogP contribution in [0.2, 0.25) is 0 Å². The van der Waals surface area contributed by atoms with Crippen molar-refractivity contribution < 1.29 is 14.7 Å². The summed E-state index contributed by atoms with van der Waals surface area (Å²) in [6, 6.07) is 0.136. The normalized spacial score (nSPS) is 22.1. The standard InChI is InChI=1S/C16H28N2O3/c1-2-7-16(8-10-17-11-9-16)15(21)18(12-14(19)20)13-5-3-4-6-13/h13,17H,2-12H2,1H3,(H,19,20). The molecule has 1 saturated heterocycles. The third kappa shape index (κ3) is 3.76. The molecular weight excluding hydrogens is 268 g/mol. The van der Waals surface area contributed by atoms with E-state index in [2.05, 4.69) is 12.2 Å². The van der Waals surface area contributed by atoms with Crippen LogP contribution in [-0.4, -0.2) is 47.6 Å². The number of rotatable bonds is 6. The van der Waals surface area contributed by atoms with Gasteiger partial charge in [0.05, 0.1) is 5.41 Å². The number of nitrogens with one attached hydrogen (secondary N) is 1. The van der Waals surface area contributed by atoms with Crippen molar-refractivity contribution in [1.82, 2.24) is 10.2 Å². The average molecular weight is 296 g/mol. The third-order valence-electron chi connectivity index (χ3n) is 5.07. The maximum absolute atomic E-state index is 13.2. The highest BCUT2D eigenvalue weighted by Gasteiger charge is 2.43. The minimum Gasteiger partial charge on any atom is -0.480 e. The maximum Gasteiger partial charge on any atom is 0.323 e. The molecule has 2 aliphatic rings. The summed E-state index contributed by atoms with van der Waals surface area (Å²) in [6.45, 7) is 3.69. The fraction of sp³-hybridized carbons (Fsp3) is 0.875. The Kier molecular flexibility index (Phi) is 5.62. The van der Waals surface area contributed by atoms with Crippen LogP contribution in [0, 0.1) is 5.41 Å². The minimum atomic E-state index is -0.893. The molecule has 0 aromatic rings. The second kappa shape index (κ2) is 7.25. The summed E-state index contributed by atoms with van der Waals surface area (Å²) >= 11 is 0. The molecule has 120 valence electrons. The number of carbonyl (C=O) groups is 2. The van der Waals surface area contributed by atoms with Crippen LogP contribution in [0.3, 0.4) is 0 Å². The van der Waals surface area contributed by atoms with Gasteiger partial charge in [-0.05, 0) is 45.2 Å². The van der Waals surface area contributed by atoms with Crippen LogP contribution in [0.4, 0.5) is 0 Å². The molecule has 0 aromatic carbocycles. The Morgan fingerprint density at radius 3 is 2.38 bits per heavy atom. The predicted octanol–water partition coefficient (Wildman–Crippen LogP) is 2.01. The highest BCUT2D eigenvalue weighted by Crippen LogP contribution is 2.38. The van der Waals surface area contributed by atoms with Gasteiger partial charge in [-0.3, -0.25) is 9.59 Å². The Labute approximate surface area is 127 Å². The molecule has 2 fully saturated rings. The molecule has 1 saturated carbocycles. The number of hydrogen-bond acceptors (Lipinski definition) is 3. The van der Waals surface area contributed by atoms with E-state index in [4.69, 9.17) is 0 Å². The molecular formula is C16H28N2O3. The Hall–Kier alpha value is -1.10. The van der Waals surface area contributed by atoms with E-state index in [1.54, 1.807) is 4.90 Å². The van der Waals surface area contributed by atoms with E-state index in [0.717, 1.165) is 64.5 Å². The van der Waals surface area contributed by atoms with Crippen LogP contribution in [0.1, 0.15) is 58.3 Å². The van der Waals surface area contributed by atoms with Gasteiger partial charge in [0.15, 0.2) is 0 Å². The molecule has 1 aliphatic carbocycles. The number of aliphatic carboxylic acids is 1.